The highest BCUT2D eigenvalue weighted by Crippen LogP contribution is 2.21. The fourth-order valence-corrected chi connectivity index (χ4v) is 1.93. The Hall–Kier alpha value is -5.03. The van der Waals surface area contributed by atoms with Crippen LogP contribution in [-0.4, -0.2) is 66.2 Å². The number of nitrogens with zero attached hydrogens (tertiary/aromatic N) is 5. The van der Waals surface area contributed by atoms with Crippen LogP contribution in [0.25, 0.3) is 0 Å². The van der Waals surface area contributed by atoms with Crippen LogP contribution in [0.5, 0.6) is 11.8 Å². The predicted molar refractivity (Wildman–Crippen MR) is 111 cm³/mol. The molecule has 3 aromatic heterocycles. The maximum atomic E-state index is 11.3. The topological polar surface area (TPSA) is 271 Å². The van der Waals surface area contributed by atoms with Crippen molar-refractivity contribution < 1.29 is 10.2 Å². The van der Waals surface area contributed by atoms with E-state index in [1.54, 1.807) is 31.1 Å². The van der Waals surface area contributed by atoms with E-state index in [2.05, 4.69) is 41.1 Å². The lowest BCUT2D eigenvalue weighted by Crippen LogP contribution is -2.21. The van der Waals surface area contributed by atoms with E-state index in [0.717, 1.165) is 0 Å². The van der Waals surface area contributed by atoms with Gasteiger partial charge in [-0.05, 0) is 0 Å². The van der Waals surface area contributed by atoms with Gasteiger partial charge >= 0.3 is 11.4 Å². The van der Waals surface area contributed by atoms with Crippen molar-refractivity contribution >= 4 is 29.2 Å². The van der Waals surface area contributed by atoms with Gasteiger partial charge in [-0.25, -0.2) is 9.59 Å². The second-order valence-electron chi connectivity index (χ2n) is 5.47. The van der Waals surface area contributed by atoms with Crippen molar-refractivity contribution in [2.75, 3.05) is 37.1 Å². The number of hydrogen-bond donors (Lipinski definition) is 9. The summed E-state index contributed by atoms with van der Waals surface area (Å²) >= 11 is 0. The highest BCUT2D eigenvalue weighted by atomic mass is 16.3. The van der Waals surface area contributed by atoms with E-state index in [1.807, 2.05) is 9.97 Å². The molecule has 0 saturated heterocycles. The molecule has 0 radical (unpaired) electrons. The van der Waals surface area contributed by atoms with Gasteiger partial charge in [0.05, 0.1) is 0 Å². The van der Waals surface area contributed by atoms with Crippen LogP contribution in [0, 0.1) is 0 Å². The maximum Gasteiger partial charge on any atom is 0.328 e. The number of aromatic amines is 4. The van der Waals surface area contributed by atoms with Gasteiger partial charge in [0.2, 0.25) is 41.0 Å². The number of rotatable bonds is 5. The molecule has 0 aliphatic carbocycles. The third-order valence-electron chi connectivity index (χ3n) is 3.35. The van der Waals surface area contributed by atoms with Gasteiger partial charge in [-0.3, -0.25) is 29.5 Å². The Morgan fingerprint density at radius 2 is 0.938 bits per heavy atom. The molecule has 0 spiro atoms. The largest absolute Gasteiger partial charge is 0.493 e. The zero-order chi connectivity index (χ0) is 23.8. The van der Waals surface area contributed by atoms with E-state index in [4.69, 9.17) is 0 Å². The monoisotopic (exact) mass is 450 g/mol. The molecule has 0 fully saturated rings. The average Bonchev–Trinajstić information content (AvgIpc) is 2.74. The molecule has 18 nitrogen and oxygen atoms in total. The lowest BCUT2D eigenvalue weighted by Gasteiger charge is -2.04. The van der Waals surface area contributed by atoms with Crippen molar-refractivity contribution in [3.63, 3.8) is 0 Å². The summed E-state index contributed by atoms with van der Waals surface area (Å²) in [5.74, 6) is -0.123. The Bertz CT molecular complexity index is 1220. The summed E-state index contributed by atoms with van der Waals surface area (Å²) in [6, 6.07) is 0. The normalized spacial score (nSPS) is 10.3. The lowest BCUT2D eigenvalue weighted by atomic mass is 10.5. The summed E-state index contributed by atoms with van der Waals surface area (Å²) in [6.45, 7) is 0. The Kier molecular flexibility index (Phi) is 7.36. The van der Waals surface area contributed by atoms with Crippen molar-refractivity contribution in [2.45, 2.75) is 0 Å². The standard InChI is InChI=1S/C8H6N6O6.C6H12N6/c15-3-1(4(16)10-7(19)9-3)13-14-2-5(17)11-8(20)12-6(2)18;1-7-4-10-5(8-2)12-6(9-3)11-4/h(H3,9,10,15,16,19)(H3,11,12,17,18,20);1-3H3,(H3,7,8,9,10,11,12). The zero-order valence-electron chi connectivity index (χ0n) is 16.8. The fraction of sp³-hybridized carbons (Fsp3) is 0.214. The van der Waals surface area contributed by atoms with Gasteiger partial charge in [0, 0.05) is 21.1 Å². The van der Waals surface area contributed by atoms with E-state index in [-0.39, 0.29) is 0 Å². The molecular weight excluding hydrogens is 432 g/mol. The number of aromatic hydroxyl groups is 2. The molecule has 0 aromatic carbocycles. The highest BCUT2D eigenvalue weighted by molar-refractivity contribution is 5.46. The van der Waals surface area contributed by atoms with Crippen LogP contribution in [0.4, 0.5) is 29.2 Å². The van der Waals surface area contributed by atoms with Gasteiger partial charge in [0.15, 0.2) is 0 Å². The van der Waals surface area contributed by atoms with Gasteiger partial charge in [-0.1, -0.05) is 0 Å². The van der Waals surface area contributed by atoms with Crippen molar-refractivity contribution in [3.8, 4) is 11.8 Å². The first-order valence-corrected chi connectivity index (χ1v) is 8.50. The summed E-state index contributed by atoms with van der Waals surface area (Å²) in [5, 5.41) is 33.6. The van der Waals surface area contributed by atoms with Crippen molar-refractivity contribution in [1.29, 1.82) is 0 Å². The third-order valence-corrected chi connectivity index (χ3v) is 3.35. The minimum Gasteiger partial charge on any atom is -0.493 e. The Balaban J connectivity index is 0.000000258. The van der Waals surface area contributed by atoms with Crippen LogP contribution >= 0.6 is 0 Å². The van der Waals surface area contributed by atoms with Crippen LogP contribution in [0.3, 0.4) is 0 Å². The minimum atomic E-state index is -1.06. The third kappa shape index (κ3) is 5.75. The van der Waals surface area contributed by atoms with Crippen LogP contribution in [0.15, 0.2) is 29.4 Å². The molecule has 170 valence electrons. The molecule has 3 heterocycles. The molecule has 0 aliphatic heterocycles. The molecule has 3 rings (SSSR count). The van der Waals surface area contributed by atoms with Gasteiger partial charge < -0.3 is 26.2 Å². The Labute approximate surface area is 176 Å². The van der Waals surface area contributed by atoms with Gasteiger partial charge in [0.1, 0.15) is 0 Å². The molecule has 32 heavy (non-hydrogen) atoms. The van der Waals surface area contributed by atoms with Crippen molar-refractivity contribution in [3.05, 3.63) is 41.7 Å². The van der Waals surface area contributed by atoms with E-state index in [0.29, 0.717) is 17.8 Å². The predicted octanol–water partition coefficient (Wildman–Crippen LogP) is -1.74. The lowest BCUT2D eigenvalue weighted by molar-refractivity contribution is 0.447. The molecule has 0 bridgehead atoms. The van der Waals surface area contributed by atoms with Crippen molar-refractivity contribution in [1.82, 2.24) is 34.9 Å². The molecule has 18 heteroatoms. The summed E-state index contributed by atoms with van der Waals surface area (Å²) in [5.41, 5.74) is -5.41. The van der Waals surface area contributed by atoms with Gasteiger partial charge in [-0.15, -0.1) is 10.2 Å². The smallest absolute Gasteiger partial charge is 0.328 e. The summed E-state index contributed by atoms with van der Waals surface area (Å²) in [6.07, 6.45) is 0. The molecular formula is C14H18N12O6. The summed E-state index contributed by atoms with van der Waals surface area (Å²) in [7, 11) is 5.27. The molecule has 9 N–H and O–H groups in total. The molecule has 0 saturated carbocycles. The Morgan fingerprint density at radius 3 is 1.19 bits per heavy atom. The quantitative estimate of drug-likeness (QED) is 0.196. The number of anilines is 3. The van der Waals surface area contributed by atoms with Gasteiger partial charge in [0.25, 0.3) is 11.1 Å². The van der Waals surface area contributed by atoms with Crippen LogP contribution < -0.4 is 38.4 Å². The Morgan fingerprint density at radius 1 is 0.625 bits per heavy atom. The minimum absolute atomic E-state index is 0.540. The summed E-state index contributed by atoms with van der Waals surface area (Å²) < 4.78 is 0. The molecule has 0 atom stereocenters. The van der Waals surface area contributed by atoms with E-state index in [1.165, 1.54) is 0 Å². The molecule has 0 amide bonds. The molecule has 0 aliphatic rings. The second kappa shape index (κ2) is 10.1. The van der Waals surface area contributed by atoms with E-state index in [9.17, 15) is 29.4 Å². The number of hydrogen-bond acceptors (Lipinski definition) is 14. The summed E-state index contributed by atoms with van der Waals surface area (Å²) in [4.78, 5) is 63.5. The number of nitrogens with one attached hydrogen (secondary N) is 7. The van der Waals surface area contributed by atoms with Crippen LogP contribution in [0.2, 0.25) is 0 Å². The average molecular weight is 450 g/mol. The zero-order valence-corrected chi connectivity index (χ0v) is 16.8. The first-order chi connectivity index (χ1) is 15.2. The van der Waals surface area contributed by atoms with Gasteiger partial charge in [-0.2, -0.15) is 15.0 Å². The fourth-order valence-electron chi connectivity index (χ4n) is 1.93. The van der Waals surface area contributed by atoms with E-state index < -0.39 is 45.6 Å². The highest BCUT2D eigenvalue weighted by Gasteiger charge is 2.10. The van der Waals surface area contributed by atoms with Crippen LogP contribution in [-0.2, 0) is 0 Å². The first-order valence-electron chi connectivity index (χ1n) is 8.50. The van der Waals surface area contributed by atoms with Crippen LogP contribution in [0.1, 0.15) is 0 Å². The molecule has 0 unspecified atom stereocenters. The van der Waals surface area contributed by atoms with Crippen molar-refractivity contribution in [2.24, 2.45) is 10.2 Å². The number of aromatic nitrogens is 7. The SMILES string of the molecule is CNc1nc(NC)nc(NC)n1.O=c1[nH]c(O)c(N=Nc2c(O)[nH]c(=O)[nH]c2=O)c(=O)[nH]1. The van der Waals surface area contributed by atoms with E-state index >= 15 is 0 Å². The maximum absolute atomic E-state index is 11.3. The number of azo groups is 1. The molecule has 3 aromatic rings. The first kappa shape index (κ1) is 23.3. The number of H-pyrrole nitrogens is 4. The second-order valence-corrected chi connectivity index (χ2v) is 5.47.